The number of hydrogen-bond acceptors (Lipinski definition) is 7. The lowest BCUT2D eigenvalue weighted by Gasteiger charge is -2.13. The zero-order valence-corrected chi connectivity index (χ0v) is 17.6. The molecule has 0 spiro atoms. The predicted molar refractivity (Wildman–Crippen MR) is 112 cm³/mol. The molecule has 0 aliphatic carbocycles. The van der Waals surface area contributed by atoms with Crippen LogP contribution in [0.5, 0.6) is 11.5 Å². The molecule has 0 saturated heterocycles. The van der Waals surface area contributed by atoms with E-state index in [4.69, 9.17) is 9.47 Å². The summed E-state index contributed by atoms with van der Waals surface area (Å²) < 4.78 is 13.0. The molecule has 3 rings (SSSR count). The average molecular weight is 419 g/mol. The van der Waals surface area contributed by atoms with Gasteiger partial charge in [0.2, 0.25) is 5.91 Å². The molecule has 1 amide bonds. The molecule has 0 radical (unpaired) electrons. The molecule has 1 aromatic carbocycles. The molecular weight excluding hydrogens is 396 g/mol. The summed E-state index contributed by atoms with van der Waals surface area (Å²) in [7, 11) is 1.90. The molecule has 0 aliphatic rings. The number of thiophene rings is 1. The summed E-state index contributed by atoms with van der Waals surface area (Å²) in [5.74, 6) is 2.18. The number of hydrogen-bond donors (Lipinski definition) is 1. The Labute approximate surface area is 172 Å². The van der Waals surface area contributed by atoms with Gasteiger partial charge >= 0.3 is 0 Å². The van der Waals surface area contributed by atoms with Crippen LogP contribution < -0.4 is 14.8 Å². The Bertz CT molecular complexity index is 925. The maximum atomic E-state index is 12.4. The number of thioether (sulfide) groups is 1. The van der Waals surface area contributed by atoms with Crippen LogP contribution in [-0.4, -0.2) is 39.6 Å². The number of anilines is 1. The second-order valence-corrected chi connectivity index (χ2v) is 7.60. The molecule has 3 aromatic rings. The third-order valence-electron chi connectivity index (χ3n) is 3.74. The van der Waals surface area contributed by atoms with Gasteiger partial charge in [-0.1, -0.05) is 17.8 Å². The Morgan fingerprint density at radius 2 is 1.96 bits per heavy atom. The summed E-state index contributed by atoms with van der Waals surface area (Å²) in [6, 6.07) is 9.34. The van der Waals surface area contributed by atoms with Gasteiger partial charge in [0.25, 0.3) is 0 Å². The fourth-order valence-corrected chi connectivity index (χ4v) is 3.97. The van der Waals surface area contributed by atoms with Gasteiger partial charge in [-0.05, 0) is 37.4 Å². The van der Waals surface area contributed by atoms with Crippen LogP contribution in [0.25, 0.3) is 10.7 Å². The van der Waals surface area contributed by atoms with E-state index in [9.17, 15) is 4.79 Å². The van der Waals surface area contributed by atoms with Crippen LogP contribution in [0.1, 0.15) is 13.8 Å². The smallest absolute Gasteiger partial charge is 0.234 e. The number of aromatic nitrogens is 3. The third kappa shape index (κ3) is 4.85. The van der Waals surface area contributed by atoms with E-state index in [1.807, 2.05) is 43.0 Å². The topological polar surface area (TPSA) is 78.3 Å². The van der Waals surface area contributed by atoms with Crippen molar-refractivity contribution in [1.82, 2.24) is 14.8 Å². The largest absolute Gasteiger partial charge is 0.490 e. The van der Waals surface area contributed by atoms with E-state index >= 15 is 0 Å². The Hall–Kier alpha value is -2.52. The minimum Gasteiger partial charge on any atom is -0.490 e. The van der Waals surface area contributed by atoms with Crippen molar-refractivity contribution in [2.75, 3.05) is 24.3 Å². The van der Waals surface area contributed by atoms with Crippen molar-refractivity contribution in [3.05, 3.63) is 35.7 Å². The van der Waals surface area contributed by atoms with E-state index in [0.29, 0.717) is 35.6 Å². The lowest BCUT2D eigenvalue weighted by atomic mass is 10.2. The first-order valence-corrected chi connectivity index (χ1v) is 10.7. The molecule has 7 nitrogen and oxygen atoms in total. The van der Waals surface area contributed by atoms with Gasteiger partial charge in [0, 0.05) is 18.8 Å². The predicted octanol–water partition coefficient (Wildman–Crippen LogP) is 4.07. The quantitative estimate of drug-likeness (QED) is 0.528. The van der Waals surface area contributed by atoms with E-state index in [1.165, 1.54) is 11.8 Å². The minimum atomic E-state index is -0.128. The number of amides is 1. The fraction of sp³-hybridized carbons (Fsp3) is 0.316. The standard InChI is InChI=1S/C19H22N4O3S2/c1-4-25-14-9-8-13(11-15(14)26-5-2)20-17(24)12-28-19-22-21-18(23(19)3)16-7-6-10-27-16/h6-11H,4-5,12H2,1-3H3,(H,20,24). The molecule has 0 saturated carbocycles. The van der Waals surface area contributed by atoms with Crippen LogP contribution in [-0.2, 0) is 11.8 Å². The zero-order valence-electron chi connectivity index (χ0n) is 16.0. The Balaban J connectivity index is 1.61. The maximum Gasteiger partial charge on any atom is 0.234 e. The maximum absolute atomic E-state index is 12.4. The summed E-state index contributed by atoms with van der Waals surface area (Å²) in [6.45, 7) is 4.89. The normalized spacial score (nSPS) is 10.7. The summed E-state index contributed by atoms with van der Waals surface area (Å²) in [5.41, 5.74) is 0.662. The number of carbonyl (C=O) groups excluding carboxylic acids is 1. The molecule has 28 heavy (non-hydrogen) atoms. The van der Waals surface area contributed by atoms with Gasteiger partial charge in [-0.3, -0.25) is 4.79 Å². The van der Waals surface area contributed by atoms with Crippen molar-refractivity contribution in [3.63, 3.8) is 0 Å². The summed E-state index contributed by atoms with van der Waals surface area (Å²) in [5, 5.41) is 14.0. The van der Waals surface area contributed by atoms with Gasteiger partial charge in [0.05, 0.1) is 23.8 Å². The molecule has 0 fully saturated rings. The molecule has 148 valence electrons. The minimum absolute atomic E-state index is 0.128. The molecule has 0 unspecified atom stereocenters. The van der Waals surface area contributed by atoms with Crippen LogP contribution in [0.15, 0.2) is 40.9 Å². The summed E-state index contributed by atoms with van der Waals surface area (Å²) in [6.07, 6.45) is 0. The van der Waals surface area contributed by atoms with Crippen LogP contribution >= 0.6 is 23.1 Å². The number of nitrogens with zero attached hydrogens (tertiary/aromatic N) is 3. The highest BCUT2D eigenvalue weighted by molar-refractivity contribution is 7.99. The van der Waals surface area contributed by atoms with Crippen LogP contribution in [0.4, 0.5) is 5.69 Å². The van der Waals surface area contributed by atoms with Crippen molar-refractivity contribution in [1.29, 1.82) is 0 Å². The molecule has 1 N–H and O–H groups in total. The lowest BCUT2D eigenvalue weighted by molar-refractivity contribution is -0.113. The van der Waals surface area contributed by atoms with Gasteiger partial charge in [-0.2, -0.15) is 0 Å². The number of carbonyl (C=O) groups is 1. The van der Waals surface area contributed by atoms with Gasteiger partial charge in [0.15, 0.2) is 22.5 Å². The number of rotatable bonds is 9. The third-order valence-corrected chi connectivity index (χ3v) is 5.62. The van der Waals surface area contributed by atoms with Crippen LogP contribution in [0.2, 0.25) is 0 Å². The van der Waals surface area contributed by atoms with Gasteiger partial charge in [0.1, 0.15) is 0 Å². The van der Waals surface area contributed by atoms with Gasteiger partial charge in [-0.25, -0.2) is 0 Å². The summed E-state index contributed by atoms with van der Waals surface area (Å²) in [4.78, 5) is 13.4. The average Bonchev–Trinajstić information content (AvgIpc) is 3.32. The van der Waals surface area contributed by atoms with E-state index in [0.717, 1.165) is 10.7 Å². The highest BCUT2D eigenvalue weighted by atomic mass is 32.2. The van der Waals surface area contributed by atoms with Crippen LogP contribution in [0.3, 0.4) is 0 Å². The lowest BCUT2D eigenvalue weighted by Crippen LogP contribution is -2.14. The van der Waals surface area contributed by atoms with Gasteiger partial charge in [-0.15, -0.1) is 21.5 Å². The number of nitrogens with one attached hydrogen (secondary N) is 1. The zero-order chi connectivity index (χ0) is 19.9. The molecule has 2 heterocycles. The van der Waals surface area contributed by atoms with E-state index in [-0.39, 0.29) is 11.7 Å². The highest BCUT2D eigenvalue weighted by Gasteiger charge is 2.14. The molecule has 2 aromatic heterocycles. The second-order valence-electron chi connectivity index (χ2n) is 5.71. The molecule has 9 heteroatoms. The van der Waals surface area contributed by atoms with Crippen LogP contribution in [0, 0.1) is 0 Å². The van der Waals surface area contributed by atoms with Crippen molar-refractivity contribution in [3.8, 4) is 22.2 Å². The highest BCUT2D eigenvalue weighted by Crippen LogP contribution is 2.31. The first-order chi connectivity index (χ1) is 13.6. The number of benzene rings is 1. The van der Waals surface area contributed by atoms with Crippen molar-refractivity contribution >= 4 is 34.7 Å². The molecule has 0 atom stereocenters. The Kier molecular flexibility index (Phi) is 6.94. The van der Waals surface area contributed by atoms with Gasteiger partial charge < -0.3 is 19.4 Å². The SMILES string of the molecule is CCOc1ccc(NC(=O)CSc2nnc(-c3cccs3)n2C)cc1OCC. The fourth-order valence-electron chi connectivity index (χ4n) is 2.52. The van der Waals surface area contributed by atoms with Crippen molar-refractivity contribution in [2.24, 2.45) is 7.05 Å². The Morgan fingerprint density at radius 1 is 1.18 bits per heavy atom. The first kappa shape index (κ1) is 20.2. The summed E-state index contributed by atoms with van der Waals surface area (Å²) >= 11 is 2.95. The van der Waals surface area contributed by atoms with E-state index in [2.05, 4.69) is 15.5 Å². The van der Waals surface area contributed by atoms with E-state index in [1.54, 1.807) is 29.5 Å². The second kappa shape index (κ2) is 9.61. The molecule has 0 aliphatic heterocycles. The first-order valence-electron chi connectivity index (χ1n) is 8.88. The van der Waals surface area contributed by atoms with Crippen molar-refractivity contribution < 1.29 is 14.3 Å². The van der Waals surface area contributed by atoms with E-state index < -0.39 is 0 Å². The molecular formula is C19H22N4O3S2. The monoisotopic (exact) mass is 418 g/mol. The molecule has 0 bridgehead atoms. The number of ether oxygens (including phenoxy) is 2. The Morgan fingerprint density at radius 3 is 2.68 bits per heavy atom. The van der Waals surface area contributed by atoms with Crippen molar-refractivity contribution in [2.45, 2.75) is 19.0 Å².